The average Bonchev–Trinajstić information content (AvgIpc) is 1.87. The zero-order chi connectivity index (χ0) is 7.28. The molecule has 0 spiro atoms. The Hall–Kier alpha value is -0.700. The van der Waals surface area contributed by atoms with E-state index in [0.717, 1.165) is 6.42 Å². The highest BCUT2D eigenvalue weighted by Crippen LogP contribution is 2.09. The molecule has 0 heteroatoms. The van der Waals surface area contributed by atoms with Gasteiger partial charge in [0.05, 0.1) is 0 Å². The van der Waals surface area contributed by atoms with Crippen molar-refractivity contribution in [1.82, 2.24) is 0 Å². The molecular weight excluding hydrogens is 108 g/mol. The van der Waals surface area contributed by atoms with Crippen LogP contribution in [0.4, 0.5) is 0 Å². The van der Waals surface area contributed by atoms with Gasteiger partial charge in [0.1, 0.15) is 0 Å². The molecule has 0 saturated carbocycles. The maximum absolute atomic E-state index is 3.89. The van der Waals surface area contributed by atoms with E-state index in [1.165, 1.54) is 5.57 Å². The highest BCUT2D eigenvalue weighted by Gasteiger charge is 1.97. The van der Waals surface area contributed by atoms with E-state index in [4.69, 9.17) is 0 Å². The zero-order valence-corrected chi connectivity index (χ0v) is 6.49. The minimum Gasteiger partial charge on any atom is -0.106 e. The van der Waals surface area contributed by atoms with Crippen molar-refractivity contribution < 1.29 is 0 Å². The second-order valence-corrected chi connectivity index (χ2v) is 2.13. The SMILES string of the molecule is C=C(CC)C(C)C#CC. The summed E-state index contributed by atoms with van der Waals surface area (Å²) in [6.45, 7) is 9.94. The highest BCUT2D eigenvalue weighted by molar-refractivity contribution is 5.14. The van der Waals surface area contributed by atoms with Gasteiger partial charge in [0.15, 0.2) is 0 Å². The standard InChI is InChI=1S/C9H14/c1-5-7-9(4)8(3)6-2/h9H,3,6H2,1-2,4H3. The Bertz CT molecular complexity index is 143. The summed E-state index contributed by atoms with van der Waals surface area (Å²) in [6, 6.07) is 0. The van der Waals surface area contributed by atoms with Crippen LogP contribution in [0.1, 0.15) is 27.2 Å². The van der Waals surface area contributed by atoms with Crippen LogP contribution in [0.2, 0.25) is 0 Å². The Morgan fingerprint density at radius 2 is 2.22 bits per heavy atom. The Morgan fingerprint density at radius 1 is 1.67 bits per heavy atom. The van der Waals surface area contributed by atoms with Gasteiger partial charge in [-0.1, -0.05) is 25.0 Å². The van der Waals surface area contributed by atoms with Crippen molar-refractivity contribution in [3.8, 4) is 11.8 Å². The van der Waals surface area contributed by atoms with Gasteiger partial charge in [-0.15, -0.1) is 5.92 Å². The third-order valence-electron chi connectivity index (χ3n) is 1.43. The Morgan fingerprint density at radius 3 is 2.56 bits per heavy atom. The number of hydrogen-bond donors (Lipinski definition) is 0. The third kappa shape index (κ3) is 2.98. The van der Waals surface area contributed by atoms with Crippen LogP contribution in [0.3, 0.4) is 0 Å². The van der Waals surface area contributed by atoms with Gasteiger partial charge >= 0.3 is 0 Å². The molecule has 0 aromatic rings. The van der Waals surface area contributed by atoms with Gasteiger partial charge in [-0.25, -0.2) is 0 Å². The van der Waals surface area contributed by atoms with Crippen LogP contribution >= 0.6 is 0 Å². The van der Waals surface area contributed by atoms with Crippen LogP contribution in [0.5, 0.6) is 0 Å². The van der Waals surface area contributed by atoms with Crippen LogP contribution in [-0.2, 0) is 0 Å². The molecule has 50 valence electrons. The van der Waals surface area contributed by atoms with E-state index in [0.29, 0.717) is 5.92 Å². The third-order valence-corrected chi connectivity index (χ3v) is 1.43. The number of allylic oxidation sites excluding steroid dienone is 1. The summed E-state index contributed by atoms with van der Waals surface area (Å²) in [5.74, 6) is 6.29. The van der Waals surface area contributed by atoms with Crippen molar-refractivity contribution in [1.29, 1.82) is 0 Å². The maximum Gasteiger partial charge on any atom is 0.0380 e. The topological polar surface area (TPSA) is 0 Å². The minimum atomic E-state index is 0.375. The largest absolute Gasteiger partial charge is 0.106 e. The lowest BCUT2D eigenvalue weighted by molar-refractivity contribution is 0.841. The number of hydrogen-bond acceptors (Lipinski definition) is 0. The maximum atomic E-state index is 3.89. The van der Waals surface area contributed by atoms with E-state index in [1.807, 2.05) is 6.92 Å². The van der Waals surface area contributed by atoms with E-state index in [-0.39, 0.29) is 0 Å². The van der Waals surface area contributed by atoms with Crippen molar-refractivity contribution in [2.45, 2.75) is 27.2 Å². The molecular formula is C9H14. The predicted molar refractivity (Wildman–Crippen MR) is 42.0 cm³/mol. The molecule has 0 N–H and O–H groups in total. The number of rotatable bonds is 2. The molecule has 0 aliphatic carbocycles. The Balaban J connectivity index is 3.82. The second-order valence-electron chi connectivity index (χ2n) is 2.13. The Labute approximate surface area is 58.0 Å². The molecule has 0 aromatic heterocycles. The molecule has 0 nitrogen and oxygen atoms in total. The molecule has 0 fully saturated rings. The molecule has 0 aromatic carbocycles. The van der Waals surface area contributed by atoms with Gasteiger partial charge in [-0.2, -0.15) is 0 Å². The van der Waals surface area contributed by atoms with E-state index in [9.17, 15) is 0 Å². The quantitative estimate of drug-likeness (QED) is 0.390. The van der Waals surface area contributed by atoms with Gasteiger partial charge < -0.3 is 0 Å². The summed E-state index contributed by atoms with van der Waals surface area (Å²) in [6.07, 6.45) is 1.04. The zero-order valence-electron chi connectivity index (χ0n) is 6.49. The summed E-state index contributed by atoms with van der Waals surface area (Å²) in [7, 11) is 0. The first-order chi connectivity index (χ1) is 4.22. The average molecular weight is 122 g/mol. The normalized spacial score (nSPS) is 11.4. The molecule has 0 rings (SSSR count). The van der Waals surface area contributed by atoms with Crippen LogP contribution in [0.15, 0.2) is 12.2 Å². The minimum absolute atomic E-state index is 0.375. The van der Waals surface area contributed by atoms with Crippen LogP contribution in [-0.4, -0.2) is 0 Å². The summed E-state index contributed by atoms with van der Waals surface area (Å²) < 4.78 is 0. The lowest BCUT2D eigenvalue weighted by Crippen LogP contribution is -1.91. The fraction of sp³-hybridized carbons (Fsp3) is 0.556. The molecule has 9 heavy (non-hydrogen) atoms. The van der Waals surface area contributed by atoms with Gasteiger partial charge in [-0.05, 0) is 20.3 Å². The molecule has 0 aliphatic heterocycles. The first kappa shape index (κ1) is 8.30. The van der Waals surface area contributed by atoms with Gasteiger partial charge in [-0.3, -0.25) is 0 Å². The fourth-order valence-electron chi connectivity index (χ4n) is 0.625. The molecule has 0 aliphatic rings. The van der Waals surface area contributed by atoms with Crippen molar-refractivity contribution >= 4 is 0 Å². The van der Waals surface area contributed by atoms with Crippen molar-refractivity contribution in [3.05, 3.63) is 12.2 Å². The first-order valence-corrected chi connectivity index (χ1v) is 3.32. The van der Waals surface area contributed by atoms with E-state index < -0.39 is 0 Å². The van der Waals surface area contributed by atoms with Crippen LogP contribution < -0.4 is 0 Å². The lowest BCUT2D eigenvalue weighted by atomic mass is 10.0. The molecule has 1 unspecified atom stereocenters. The van der Waals surface area contributed by atoms with E-state index >= 15 is 0 Å². The predicted octanol–water partition coefficient (Wildman–Crippen LogP) is 2.61. The van der Waals surface area contributed by atoms with Gasteiger partial charge in [0.25, 0.3) is 0 Å². The van der Waals surface area contributed by atoms with Crippen LogP contribution in [0, 0.1) is 17.8 Å². The monoisotopic (exact) mass is 122 g/mol. The van der Waals surface area contributed by atoms with E-state index in [2.05, 4.69) is 32.3 Å². The van der Waals surface area contributed by atoms with E-state index in [1.54, 1.807) is 0 Å². The molecule has 0 heterocycles. The van der Waals surface area contributed by atoms with Crippen molar-refractivity contribution in [3.63, 3.8) is 0 Å². The van der Waals surface area contributed by atoms with Crippen molar-refractivity contribution in [2.75, 3.05) is 0 Å². The highest BCUT2D eigenvalue weighted by atomic mass is 14.0. The first-order valence-electron chi connectivity index (χ1n) is 3.32. The Kier molecular flexibility index (Phi) is 3.88. The van der Waals surface area contributed by atoms with Gasteiger partial charge in [0, 0.05) is 5.92 Å². The lowest BCUT2D eigenvalue weighted by Gasteiger charge is -2.03. The molecule has 1 atom stereocenters. The molecule has 0 amide bonds. The summed E-state index contributed by atoms with van der Waals surface area (Å²) >= 11 is 0. The van der Waals surface area contributed by atoms with Crippen molar-refractivity contribution in [2.24, 2.45) is 5.92 Å². The van der Waals surface area contributed by atoms with Crippen LogP contribution in [0.25, 0.3) is 0 Å². The molecule has 0 saturated heterocycles. The summed E-state index contributed by atoms with van der Waals surface area (Å²) in [5, 5.41) is 0. The molecule has 0 radical (unpaired) electrons. The summed E-state index contributed by atoms with van der Waals surface area (Å²) in [5.41, 5.74) is 1.23. The molecule has 0 bridgehead atoms. The fourth-order valence-corrected chi connectivity index (χ4v) is 0.625. The van der Waals surface area contributed by atoms with Gasteiger partial charge in [0.2, 0.25) is 0 Å². The smallest absolute Gasteiger partial charge is 0.0380 e. The summed E-state index contributed by atoms with van der Waals surface area (Å²) in [4.78, 5) is 0. The second kappa shape index (κ2) is 4.21.